The largest absolute Gasteiger partial charge is 0.382 e. The van der Waals surface area contributed by atoms with E-state index in [1.165, 1.54) is 24.8 Å². The molecule has 0 amide bonds. The summed E-state index contributed by atoms with van der Waals surface area (Å²) in [5, 5.41) is 3.61. The average Bonchev–Trinajstić information content (AvgIpc) is 2.27. The highest BCUT2D eigenvalue weighted by Gasteiger charge is 2.09. The molecule has 0 rings (SSSR count). The first-order chi connectivity index (χ1) is 7.60. The van der Waals surface area contributed by atoms with E-state index in [0.29, 0.717) is 12.1 Å². The first kappa shape index (κ1) is 15.7. The molecule has 0 radical (unpaired) electrons. The molecule has 0 aromatic heterocycles. The van der Waals surface area contributed by atoms with Gasteiger partial charge in [0.15, 0.2) is 0 Å². The third-order valence-corrected chi connectivity index (χ3v) is 2.93. The van der Waals surface area contributed by atoms with Gasteiger partial charge in [-0.1, -0.05) is 12.5 Å². The van der Waals surface area contributed by atoms with Gasteiger partial charge in [-0.2, -0.15) is 0 Å². The summed E-state index contributed by atoms with van der Waals surface area (Å²) in [7, 11) is 1.78. The van der Waals surface area contributed by atoms with E-state index in [9.17, 15) is 0 Å². The lowest BCUT2D eigenvalue weighted by molar-refractivity contribution is 0.105. The second kappa shape index (κ2) is 9.86. The Balaban J connectivity index is 3.84. The van der Waals surface area contributed by atoms with E-state index < -0.39 is 0 Å². The molecule has 0 aromatic rings. The lowest BCUT2D eigenvalue weighted by atomic mass is 10.0. The average molecular weight is 227 g/mol. The van der Waals surface area contributed by atoms with Crippen LogP contribution in [0.3, 0.4) is 0 Å². The molecule has 0 bridgehead atoms. The van der Waals surface area contributed by atoms with Gasteiger partial charge in [-0.15, -0.1) is 6.58 Å². The van der Waals surface area contributed by atoms with E-state index in [1.807, 2.05) is 0 Å². The summed E-state index contributed by atoms with van der Waals surface area (Å²) in [4.78, 5) is 0. The van der Waals surface area contributed by atoms with Crippen molar-refractivity contribution in [3.63, 3.8) is 0 Å². The predicted octanol–water partition coefficient (Wildman–Crippen LogP) is 3.53. The molecule has 96 valence electrons. The van der Waals surface area contributed by atoms with Crippen molar-refractivity contribution in [1.29, 1.82) is 0 Å². The summed E-state index contributed by atoms with van der Waals surface area (Å²) in [6.45, 7) is 11.5. The van der Waals surface area contributed by atoms with E-state index in [1.54, 1.807) is 7.11 Å². The molecule has 16 heavy (non-hydrogen) atoms. The fourth-order valence-corrected chi connectivity index (χ4v) is 1.67. The maximum Gasteiger partial charge on any atom is 0.0543 e. The Morgan fingerprint density at radius 2 is 2.00 bits per heavy atom. The van der Waals surface area contributed by atoms with Crippen LogP contribution in [0.25, 0.3) is 0 Å². The maximum atomic E-state index is 5.29. The van der Waals surface area contributed by atoms with E-state index in [4.69, 9.17) is 4.74 Å². The molecule has 0 saturated heterocycles. The van der Waals surface area contributed by atoms with Crippen LogP contribution in [0.1, 0.15) is 52.9 Å². The van der Waals surface area contributed by atoms with E-state index >= 15 is 0 Å². The molecule has 2 nitrogen and oxygen atoms in total. The number of hydrogen-bond acceptors (Lipinski definition) is 2. The van der Waals surface area contributed by atoms with Crippen LogP contribution in [-0.2, 0) is 4.74 Å². The minimum atomic E-state index is 0.371. The molecular formula is C14H29NO. The minimum Gasteiger partial charge on any atom is -0.382 e. The van der Waals surface area contributed by atoms with Crippen LogP contribution < -0.4 is 5.32 Å². The molecule has 0 aromatic carbocycles. The Hall–Kier alpha value is -0.340. The van der Waals surface area contributed by atoms with Gasteiger partial charge in [-0.05, 0) is 52.5 Å². The molecule has 0 spiro atoms. The van der Waals surface area contributed by atoms with Crippen molar-refractivity contribution in [2.24, 2.45) is 0 Å². The second-order valence-electron chi connectivity index (χ2n) is 4.77. The van der Waals surface area contributed by atoms with Crippen LogP contribution in [0, 0.1) is 0 Å². The number of allylic oxidation sites excluding steroid dienone is 1. The second-order valence-corrected chi connectivity index (χ2v) is 4.77. The highest BCUT2D eigenvalue weighted by molar-refractivity contribution is 4.89. The molecule has 0 aliphatic rings. The molecule has 1 N–H and O–H groups in total. The van der Waals surface area contributed by atoms with Gasteiger partial charge in [0, 0.05) is 13.2 Å². The van der Waals surface area contributed by atoms with Crippen molar-refractivity contribution in [3.05, 3.63) is 12.2 Å². The van der Waals surface area contributed by atoms with Gasteiger partial charge in [0.2, 0.25) is 0 Å². The Kier molecular flexibility index (Phi) is 9.65. The van der Waals surface area contributed by atoms with Gasteiger partial charge in [0.25, 0.3) is 0 Å². The summed E-state index contributed by atoms with van der Waals surface area (Å²) >= 11 is 0. The van der Waals surface area contributed by atoms with Gasteiger partial charge in [0.1, 0.15) is 0 Å². The molecule has 0 fully saturated rings. The van der Waals surface area contributed by atoms with Crippen molar-refractivity contribution in [2.75, 3.05) is 13.7 Å². The number of nitrogens with one attached hydrogen (secondary N) is 1. The topological polar surface area (TPSA) is 21.3 Å². The molecule has 2 unspecified atom stereocenters. The number of ether oxygens (including phenoxy) is 1. The van der Waals surface area contributed by atoms with Crippen molar-refractivity contribution >= 4 is 0 Å². The quantitative estimate of drug-likeness (QED) is 0.577. The molecule has 0 heterocycles. The maximum absolute atomic E-state index is 5.29. The van der Waals surface area contributed by atoms with Crippen LogP contribution in [0.2, 0.25) is 0 Å². The van der Waals surface area contributed by atoms with Crippen LogP contribution in [0.4, 0.5) is 0 Å². The summed E-state index contributed by atoms with van der Waals surface area (Å²) in [6, 6.07) is 0.620. The summed E-state index contributed by atoms with van der Waals surface area (Å²) in [6.07, 6.45) is 6.23. The van der Waals surface area contributed by atoms with Crippen molar-refractivity contribution in [1.82, 2.24) is 5.32 Å². The van der Waals surface area contributed by atoms with Crippen LogP contribution in [0.15, 0.2) is 12.2 Å². The van der Waals surface area contributed by atoms with Gasteiger partial charge in [-0.25, -0.2) is 0 Å². The summed E-state index contributed by atoms with van der Waals surface area (Å²) in [5.74, 6) is 0. The molecule has 2 heteroatoms. The Labute approximate surface area is 101 Å². The van der Waals surface area contributed by atoms with Crippen LogP contribution in [-0.4, -0.2) is 25.8 Å². The fourth-order valence-electron chi connectivity index (χ4n) is 1.67. The highest BCUT2D eigenvalue weighted by Crippen LogP contribution is 2.11. The fraction of sp³-hybridized carbons (Fsp3) is 0.857. The SMILES string of the molecule is C=C(C)CCC(CCC(C)OC)NCCC. The highest BCUT2D eigenvalue weighted by atomic mass is 16.5. The van der Waals surface area contributed by atoms with Crippen molar-refractivity contribution < 1.29 is 4.74 Å². The molecule has 0 aliphatic heterocycles. The van der Waals surface area contributed by atoms with Crippen LogP contribution in [0.5, 0.6) is 0 Å². The van der Waals surface area contributed by atoms with E-state index in [-0.39, 0.29) is 0 Å². The smallest absolute Gasteiger partial charge is 0.0543 e. The van der Waals surface area contributed by atoms with Crippen molar-refractivity contribution in [3.8, 4) is 0 Å². The summed E-state index contributed by atoms with van der Waals surface area (Å²) < 4.78 is 5.29. The number of rotatable bonds is 10. The zero-order valence-electron chi connectivity index (χ0n) is 11.5. The van der Waals surface area contributed by atoms with Gasteiger partial charge < -0.3 is 10.1 Å². The standard InChI is InChI=1S/C14H29NO/c1-6-11-15-14(9-7-12(2)3)10-8-13(4)16-5/h13-15H,2,6-11H2,1,3-5H3. The molecule has 0 aliphatic carbocycles. The zero-order chi connectivity index (χ0) is 12.4. The Morgan fingerprint density at radius 3 is 2.50 bits per heavy atom. The molecule has 2 atom stereocenters. The van der Waals surface area contributed by atoms with E-state index in [0.717, 1.165) is 19.4 Å². The van der Waals surface area contributed by atoms with Gasteiger partial charge >= 0.3 is 0 Å². The van der Waals surface area contributed by atoms with E-state index in [2.05, 4.69) is 32.7 Å². The van der Waals surface area contributed by atoms with Crippen LogP contribution >= 0.6 is 0 Å². The van der Waals surface area contributed by atoms with Gasteiger partial charge in [0.05, 0.1) is 6.10 Å². The number of methoxy groups -OCH3 is 1. The molecular weight excluding hydrogens is 198 g/mol. The molecule has 0 saturated carbocycles. The third kappa shape index (κ3) is 8.93. The number of hydrogen-bond donors (Lipinski definition) is 1. The Morgan fingerprint density at radius 1 is 1.31 bits per heavy atom. The zero-order valence-corrected chi connectivity index (χ0v) is 11.5. The van der Waals surface area contributed by atoms with Gasteiger partial charge in [-0.3, -0.25) is 0 Å². The Bertz CT molecular complexity index is 180. The predicted molar refractivity (Wildman–Crippen MR) is 71.8 cm³/mol. The minimum absolute atomic E-state index is 0.371. The normalized spacial score (nSPS) is 14.8. The first-order valence-corrected chi connectivity index (χ1v) is 6.50. The lowest BCUT2D eigenvalue weighted by Gasteiger charge is -2.20. The van der Waals surface area contributed by atoms with Crippen molar-refractivity contribution in [2.45, 2.75) is 65.0 Å². The third-order valence-electron chi connectivity index (χ3n) is 2.93. The monoisotopic (exact) mass is 227 g/mol. The summed E-state index contributed by atoms with van der Waals surface area (Å²) in [5.41, 5.74) is 1.28. The first-order valence-electron chi connectivity index (χ1n) is 6.50. The lowest BCUT2D eigenvalue weighted by Crippen LogP contribution is -2.30.